The molecule has 5 nitrogen and oxygen atoms in total. The van der Waals surface area contributed by atoms with E-state index in [0.717, 1.165) is 42.9 Å². The van der Waals surface area contributed by atoms with Gasteiger partial charge < -0.3 is 10.2 Å². The molecule has 100 valence electrons. The zero-order chi connectivity index (χ0) is 13.3. The van der Waals surface area contributed by atoms with Gasteiger partial charge in [0.2, 0.25) is 0 Å². The van der Waals surface area contributed by atoms with Crippen LogP contribution < -0.4 is 5.32 Å². The molecular weight excluding hydrogens is 228 g/mol. The first-order valence-corrected chi connectivity index (χ1v) is 6.56. The number of nitrogens with one attached hydrogen (secondary N) is 1. The van der Waals surface area contributed by atoms with Crippen LogP contribution in [0.2, 0.25) is 0 Å². The Labute approximate surface area is 108 Å². The van der Waals surface area contributed by atoms with Crippen LogP contribution in [0.15, 0.2) is 0 Å². The maximum atomic E-state index is 12.0. The second-order valence-electron chi connectivity index (χ2n) is 5.07. The molecule has 5 heteroatoms. The second-order valence-corrected chi connectivity index (χ2v) is 5.07. The molecule has 1 atom stereocenters. The average Bonchev–Trinajstić information content (AvgIpc) is 2.88. The molecule has 2 rings (SSSR count). The summed E-state index contributed by atoms with van der Waals surface area (Å²) in [5.41, 5.74) is 3.23. The zero-order valence-electron chi connectivity index (χ0n) is 11.7. The van der Waals surface area contributed by atoms with E-state index in [0.29, 0.717) is 0 Å². The third kappa shape index (κ3) is 2.35. The molecule has 1 aromatic rings. The first kappa shape index (κ1) is 12.9. The summed E-state index contributed by atoms with van der Waals surface area (Å²) in [6.07, 6.45) is 2.24. The van der Waals surface area contributed by atoms with Crippen molar-refractivity contribution in [1.82, 2.24) is 20.0 Å². The van der Waals surface area contributed by atoms with Crippen LogP contribution in [0.3, 0.4) is 0 Å². The fourth-order valence-electron chi connectivity index (χ4n) is 2.69. The molecule has 0 aromatic carbocycles. The maximum Gasteiger partial charge on any atom is 0.317 e. The molecule has 2 heterocycles. The molecule has 1 N–H and O–H groups in total. The highest BCUT2D eigenvalue weighted by molar-refractivity contribution is 5.75. The smallest absolute Gasteiger partial charge is 0.317 e. The molecule has 1 aromatic heterocycles. The van der Waals surface area contributed by atoms with E-state index in [2.05, 4.69) is 10.4 Å². The average molecular weight is 250 g/mol. The Morgan fingerprint density at radius 2 is 1.94 bits per heavy atom. The van der Waals surface area contributed by atoms with Crippen molar-refractivity contribution in [1.29, 1.82) is 0 Å². The number of hydrogen-bond acceptors (Lipinski definition) is 2. The van der Waals surface area contributed by atoms with Gasteiger partial charge in [-0.3, -0.25) is 4.68 Å². The number of carbonyl (C=O) groups excluding carboxylic acids is 1. The number of likely N-dealkylation sites (tertiary alicyclic amines) is 1. The number of aryl methyl sites for hydroxylation is 2. The SMILES string of the molecule is Cc1nn(C)c(C)c1[C@@H](C)NC(=O)N1CCCC1. The van der Waals surface area contributed by atoms with E-state index in [1.54, 1.807) is 0 Å². The van der Waals surface area contributed by atoms with Crippen LogP contribution in [0.1, 0.15) is 42.8 Å². The Morgan fingerprint density at radius 1 is 1.33 bits per heavy atom. The van der Waals surface area contributed by atoms with Gasteiger partial charge in [0.05, 0.1) is 11.7 Å². The van der Waals surface area contributed by atoms with Crippen molar-refractivity contribution in [3.05, 3.63) is 17.0 Å². The van der Waals surface area contributed by atoms with Crippen LogP contribution in [0, 0.1) is 13.8 Å². The minimum atomic E-state index is 0.00630. The van der Waals surface area contributed by atoms with Crippen LogP contribution >= 0.6 is 0 Å². The van der Waals surface area contributed by atoms with Crippen molar-refractivity contribution < 1.29 is 4.79 Å². The predicted molar refractivity (Wildman–Crippen MR) is 70.4 cm³/mol. The fraction of sp³-hybridized carbons (Fsp3) is 0.692. The minimum absolute atomic E-state index is 0.00630. The summed E-state index contributed by atoms with van der Waals surface area (Å²) in [7, 11) is 1.93. The highest BCUT2D eigenvalue weighted by atomic mass is 16.2. The van der Waals surface area contributed by atoms with Crippen LogP contribution in [0.25, 0.3) is 0 Å². The quantitative estimate of drug-likeness (QED) is 0.871. The number of carbonyl (C=O) groups is 1. The van der Waals surface area contributed by atoms with Crippen molar-refractivity contribution in [3.63, 3.8) is 0 Å². The Balaban J connectivity index is 2.07. The lowest BCUT2D eigenvalue weighted by atomic mass is 10.1. The lowest BCUT2D eigenvalue weighted by Crippen LogP contribution is -2.39. The van der Waals surface area contributed by atoms with Crippen molar-refractivity contribution in [2.45, 2.75) is 39.7 Å². The van der Waals surface area contributed by atoms with E-state index in [1.165, 1.54) is 0 Å². The van der Waals surface area contributed by atoms with Crippen molar-refractivity contribution in [2.24, 2.45) is 7.05 Å². The number of amides is 2. The third-order valence-electron chi connectivity index (χ3n) is 3.73. The number of urea groups is 1. The Bertz CT molecular complexity index is 446. The van der Waals surface area contributed by atoms with E-state index in [4.69, 9.17) is 0 Å². The van der Waals surface area contributed by atoms with Crippen molar-refractivity contribution in [3.8, 4) is 0 Å². The van der Waals surface area contributed by atoms with Gasteiger partial charge in [-0.15, -0.1) is 0 Å². The fourth-order valence-corrected chi connectivity index (χ4v) is 2.69. The van der Waals surface area contributed by atoms with Gasteiger partial charge in [0.25, 0.3) is 0 Å². The van der Waals surface area contributed by atoms with Crippen LogP contribution in [-0.2, 0) is 7.05 Å². The molecule has 1 aliphatic rings. The van der Waals surface area contributed by atoms with Gasteiger partial charge in [0.1, 0.15) is 0 Å². The molecule has 0 unspecified atom stereocenters. The molecule has 0 aliphatic carbocycles. The molecule has 2 amide bonds. The van der Waals surface area contributed by atoms with E-state index >= 15 is 0 Å². The van der Waals surface area contributed by atoms with Gasteiger partial charge in [-0.1, -0.05) is 0 Å². The summed E-state index contributed by atoms with van der Waals surface area (Å²) >= 11 is 0. The van der Waals surface area contributed by atoms with Gasteiger partial charge >= 0.3 is 6.03 Å². The first-order chi connectivity index (χ1) is 8.50. The van der Waals surface area contributed by atoms with Crippen LogP contribution in [-0.4, -0.2) is 33.8 Å². The van der Waals surface area contributed by atoms with Crippen molar-refractivity contribution in [2.75, 3.05) is 13.1 Å². The number of hydrogen-bond donors (Lipinski definition) is 1. The highest BCUT2D eigenvalue weighted by Gasteiger charge is 2.22. The molecule has 0 spiro atoms. The van der Waals surface area contributed by atoms with Crippen molar-refractivity contribution >= 4 is 6.03 Å². The summed E-state index contributed by atoms with van der Waals surface area (Å²) in [6.45, 7) is 7.80. The predicted octanol–water partition coefficient (Wildman–Crippen LogP) is 1.90. The summed E-state index contributed by atoms with van der Waals surface area (Å²) in [6, 6.07) is 0.0504. The second kappa shape index (κ2) is 5.00. The number of nitrogens with zero attached hydrogens (tertiary/aromatic N) is 3. The standard InChI is InChI=1S/C13H22N4O/c1-9(12-10(2)15-16(4)11(12)3)14-13(18)17-7-5-6-8-17/h9H,5-8H2,1-4H3,(H,14,18)/t9-/m1/s1. The molecule has 0 radical (unpaired) electrons. The molecule has 18 heavy (non-hydrogen) atoms. The highest BCUT2D eigenvalue weighted by Crippen LogP contribution is 2.21. The summed E-state index contributed by atoms with van der Waals surface area (Å²) < 4.78 is 1.86. The lowest BCUT2D eigenvalue weighted by Gasteiger charge is -2.21. The van der Waals surface area contributed by atoms with E-state index in [1.807, 2.05) is 37.4 Å². The number of rotatable bonds is 2. The normalized spacial score (nSPS) is 17.0. The van der Waals surface area contributed by atoms with Gasteiger partial charge in [-0.05, 0) is 33.6 Å². The summed E-state index contributed by atoms with van der Waals surface area (Å²) in [5, 5.41) is 7.46. The Kier molecular flexibility index (Phi) is 3.59. The maximum absolute atomic E-state index is 12.0. The van der Waals surface area contributed by atoms with E-state index in [9.17, 15) is 4.79 Å². The van der Waals surface area contributed by atoms with Gasteiger partial charge in [0.15, 0.2) is 0 Å². The summed E-state index contributed by atoms with van der Waals surface area (Å²) in [4.78, 5) is 13.9. The Morgan fingerprint density at radius 3 is 2.44 bits per heavy atom. The van der Waals surface area contributed by atoms with Gasteiger partial charge in [-0.2, -0.15) is 5.10 Å². The molecule has 1 saturated heterocycles. The molecule has 0 bridgehead atoms. The van der Waals surface area contributed by atoms with Crippen LogP contribution in [0.5, 0.6) is 0 Å². The molecule has 1 fully saturated rings. The number of aromatic nitrogens is 2. The van der Waals surface area contributed by atoms with Crippen LogP contribution in [0.4, 0.5) is 4.79 Å². The lowest BCUT2D eigenvalue weighted by molar-refractivity contribution is 0.205. The van der Waals surface area contributed by atoms with Gasteiger partial charge in [-0.25, -0.2) is 4.79 Å². The summed E-state index contributed by atoms with van der Waals surface area (Å²) in [5.74, 6) is 0. The minimum Gasteiger partial charge on any atom is -0.331 e. The van der Waals surface area contributed by atoms with Gasteiger partial charge in [0, 0.05) is 31.4 Å². The molecule has 1 aliphatic heterocycles. The van der Waals surface area contributed by atoms with E-state index < -0.39 is 0 Å². The Hall–Kier alpha value is -1.52. The largest absolute Gasteiger partial charge is 0.331 e. The third-order valence-corrected chi connectivity index (χ3v) is 3.73. The molecule has 0 saturated carbocycles. The zero-order valence-corrected chi connectivity index (χ0v) is 11.7. The molecular formula is C13H22N4O. The van der Waals surface area contributed by atoms with E-state index in [-0.39, 0.29) is 12.1 Å². The first-order valence-electron chi connectivity index (χ1n) is 6.56. The topological polar surface area (TPSA) is 50.2 Å². The monoisotopic (exact) mass is 250 g/mol.